The number of hydrogen-bond acceptors (Lipinski definition) is 6. The minimum Gasteiger partial charge on any atom is -0.495 e. The van der Waals surface area contributed by atoms with E-state index >= 15 is 0 Å². The Bertz CT molecular complexity index is 964. The summed E-state index contributed by atoms with van der Waals surface area (Å²) in [6, 6.07) is 8.62. The van der Waals surface area contributed by atoms with Crippen LogP contribution >= 0.6 is 35.2 Å². The number of nitrogens with two attached hydrogens (primary N) is 1. The molecule has 0 unspecified atom stereocenters. The van der Waals surface area contributed by atoms with Crippen molar-refractivity contribution in [3.05, 3.63) is 56.2 Å². The molecule has 2 heterocycles. The minimum absolute atomic E-state index is 0.229. The number of hydrogen-bond donors (Lipinski definition) is 2. The fourth-order valence-corrected chi connectivity index (χ4v) is 3.71. The summed E-state index contributed by atoms with van der Waals surface area (Å²) in [6.45, 7) is 0.260. The van der Waals surface area contributed by atoms with Gasteiger partial charge in [-0.2, -0.15) is 0 Å². The summed E-state index contributed by atoms with van der Waals surface area (Å²) in [5.41, 5.74) is 6.77. The molecule has 3 rings (SSSR count). The fourth-order valence-electron chi connectivity index (χ4n) is 2.27. The quantitative estimate of drug-likeness (QED) is 0.637. The molecule has 0 aliphatic heterocycles. The van der Waals surface area contributed by atoms with Crippen molar-refractivity contribution in [2.75, 3.05) is 12.8 Å². The van der Waals surface area contributed by atoms with Gasteiger partial charge in [-0.05, 0) is 42.5 Å². The van der Waals surface area contributed by atoms with Gasteiger partial charge in [-0.1, -0.05) is 22.9 Å². The van der Waals surface area contributed by atoms with Crippen LogP contribution in [0.4, 0.5) is 5.82 Å². The topological polar surface area (TPSA) is 82.4 Å². The van der Waals surface area contributed by atoms with Gasteiger partial charge < -0.3 is 20.2 Å². The number of nitrogen functional groups attached to an aromatic ring is 1. The van der Waals surface area contributed by atoms with Gasteiger partial charge in [0.25, 0.3) is 5.91 Å². The number of benzene rings is 1. The molecular weight excluding hydrogens is 382 g/mol. The van der Waals surface area contributed by atoms with Gasteiger partial charge >= 0.3 is 0 Å². The van der Waals surface area contributed by atoms with Gasteiger partial charge in [0, 0.05) is 5.02 Å². The van der Waals surface area contributed by atoms with E-state index in [4.69, 9.17) is 38.7 Å². The van der Waals surface area contributed by atoms with Crippen molar-refractivity contribution >= 4 is 46.9 Å². The highest BCUT2D eigenvalue weighted by Crippen LogP contribution is 2.33. The number of nitrogens with one attached hydrogen (secondary N) is 1. The van der Waals surface area contributed by atoms with Gasteiger partial charge in [0.1, 0.15) is 22.2 Å². The molecule has 0 aliphatic carbocycles. The van der Waals surface area contributed by atoms with E-state index in [0.29, 0.717) is 31.1 Å². The second-order valence-electron chi connectivity index (χ2n) is 5.00. The number of carbonyl (C=O) groups excluding carboxylic acids is 1. The minimum atomic E-state index is -0.329. The highest BCUT2D eigenvalue weighted by atomic mass is 35.5. The highest BCUT2D eigenvalue weighted by molar-refractivity contribution is 7.73. The standard InChI is InChI=1S/C16H14ClN3O3S2/c1-22-12-5-4-9(17)7-11(12)20-14(18)13(25-16(20)24)15(21)19-8-10-3-2-6-23-10/h2-7H,8,18H2,1H3,(H,19,21). The lowest BCUT2D eigenvalue weighted by molar-refractivity contribution is 0.0952. The predicted molar refractivity (Wildman–Crippen MR) is 100 cm³/mol. The third kappa shape index (κ3) is 3.55. The molecule has 9 heteroatoms. The number of furan rings is 1. The lowest BCUT2D eigenvalue weighted by Gasteiger charge is -2.11. The zero-order valence-corrected chi connectivity index (χ0v) is 15.5. The van der Waals surface area contributed by atoms with Crippen LogP contribution in [-0.2, 0) is 6.54 Å². The Labute approximate surface area is 157 Å². The zero-order chi connectivity index (χ0) is 18.0. The van der Waals surface area contributed by atoms with Gasteiger partial charge in [-0.3, -0.25) is 9.36 Å². The third-order valence-corrected chi connectivity index (χ3v) is 5.06. The Kier molecular flexibility index (Phi) is 5.12. The summed E-state index contributed by atoms with van der Waals surface area (Å²) < 4.78 is 12.5. The molecule has 3 aromatic rings. The third-order valence-electron chi connectivity index (χ3n) is 3.44. The molecule has 6 nitrogen and oxygen atoms in total. The van der Waals surface area contributed by atoms with Crippen LogP contribution < -0.4 is 15.8 Å². The van der Waals surface area contributed by atoms with E-state index in [1.54, 1.807) is 41.2 Å². The Morgan fingerprint density at radius 1 is 1.48 bits per heavy atom. The number of nitrogens with zero attached hydrogens (tertiary/aromatic N) is 1. The number of anilines is 1. The van der Waals surface area contributed by atoms with Gasteiger partial charge in [0.15, 0.2) is 3.95 Å². The molecule has 0 bridgehead atoms. The van der Waals surface area contributed by atoms with E-state index in [2.05, 4.69) is 5.32 Å². The first-order chi connectivity index (χ1) is 12.0. The van der Waals surface area contributed by atoms with Gasteiger partial charge in [0.2, 0.25) is 0 Å². The van der Waals surface area contributed by atoms with Gasteiger partial charge in [-0.25, -0.2) is 0 Å². The molecule has 0 aliphatic rings. The molecular formula is C16H14ClN3O3S2. The van der Waals surface area contributed by atoms with Gasteiger partial charge in [0.05, 0.1) is 25.6 Å². The Hall–Kier alpha value is -2.29. The second-order valence-corrected chi connectivity index (χ2v) is 7.08. The van der Waals surface area contributed by atoms with Crippen molar-refractivity contribution in [3.63, 3.8) is 0 Å². The van der Waals surface area contributed by atoms with E-state index in [0.717, 1.165) is 11.3 Å². The monoisotopic (exact) mass is 395 g/mol. The molecule has 0 radical (unpaired) electrons. The van der Waals surface area contributed by atoms with Crippen LogP contribution in [-0.4, -0.2) is 17.6 Å². The molecule has 0 saturated heterocycles. The number of amides is 1. The lowest BCUT2D eigenvalue weighted by Crippen LogP contribution is -2.22. The molecule has 1 amide bonds. The maximum atomic E-state index is 12.4. The van der Waals surface area contributed by atoms with Crippen molar-refractivity contribution in [3.8, 4) is 11.4 Å². The van der Waals surface area contributed by atoms with Crippen LogP contribution in [0.2, 0.25) is 5.02 Å². The van der Waals surface area contributed by atoms with Gasteiger partial charge in [-0.15, -0.1) is 0 Å². The average Bonchev–Trinajstić information content (AvgIpc) is 3.20. The molecule has 0 atom stereocenters. The Morgan fingerprint density at radius 3 is 2.96 bits per heavy atom. The smallest absolute Gasteiger partial charge is 0.265 e. The summed E-state index contributed by atoms with van der Waals surface area (Å²) in [7, 11) is 1.54. The molecule has 0 saturated carbocycles. The summed E-state index contributed by atoms with van der Waals surface area (Å²) >= 11 is 12.6. The highest BCUT2D eigenvalue weighted by Gasteiger charge is 2.20. The molecule has 3 N–H and O–H groups in total. The number of methoxy groups -OCH3 is 1. The van der Waals surface area contributed by atoms with E-state index in [1.807, 2.05) is 0 Å². The molecule has 0 fully saturated rings. The normalized spacial score (nSPS) is 10.6. The van der Waals surface area contributed by atoms with Crippen LogP contribution in [0.3, 0.4) is 0 Å². The average molecular weight is 396 g/mol. The summed E-state index contributed by atoms with van der Waals surface area (Å²) in [4.78, 5) is 12.8. The van der Waals surface area contributed by atoms with E-state index in [1.165, 1.54) is 7.11 Å². The summed E-state index contributed by atoms with van der Waals surface area (Å²) in [5, 5.41) is 3.26. The first-order valence-corrected chi connectivity index (χ1v) is 8.77. The summed E-state index contributed by atoms with van der Waals surface area (Å²) in [5.74, 6) is 1.09. The number of rotatable bonds is 5. The molecule has 130 valence electrons. The SMILES string of the molecule is COc1ccc(Cl)cc1-n1c(N)c(C(=O)NCc2ccco2)sc1=S. The lowest BCUT2D eigenvalue weighted by atomic mass is 10.3. The largest absolute Gasteiger partial charge is 0.495 e. The van der Waals surface area contributed by atoms with Crippen molar-refractivity contribution < 1.29 is 13.9 Å². The van der Waals surface area contributed by atoms with Crippen LogP contribution in [0.25, 0.3) is 5.69 Å². The van der Waals surface area contributed by atoms with Crippen molar-refractivity contribution in [1.29, 1.82) is 0 Å². The number of thiazole rings is 1. The fraction of sp³-hybridized carbons (Fsp3) is 0.125. The van der Waals surface area contributed by atoms with Crippen molar-refractivity contribution in [2.45, 2.75) is 6.54 Å². The van der Waals surface area contributed by atoms with Crippen LogP contribution in [0.15, 0.2) is 41.0 Å². The van der Waals surface area contributed by atoms with Crippen LogP contribution in [0.5, 0.6) is 5.75 Å². The second kappa shape index (κ2) is 7.30. The molecule has 1 aromatic carbocycles. The predicted octanol–water partition coefficient (Wildman–Crippen LogP) is 4.04. The molecule has 25 heavy (non-hydrogen) atoms. The first kappa shape index (κ1) is 17.5. The van der Waals surface area contributed by atoms with Crippen molar-refractivity contribution in [2.24, 2.45) is 0 Å². The van der Waals surface area contributed by atoms with Crippen LogP contribution in [0.1, 0.15) is 15.4 Å². The van der Waals surface area contributed by atoms with Crippen LogP contribution in [0, 0.1) is 3.95 Å². The van der Waals surface area contributed by atoms with Crippen molar-refractivity contribution in [1.82, 2.24) is 9.88 Å². The maximum Gasteiger partial charge on any atom is 0.265 e. The van der Waals surface area contributed by atoms with E-state index < -0.39 is 0 Å². The Balaban J connectivity index is 1.95. The maximum absolute atomic E-state index is 12.4. The number of aromatic nitrogens is 1. The zero-order valence-electron chi connectivity index (χ0n) is 13.1. The van der Waals surface area contributed by atoms with E-state index in [-0.39, 0.29) is 18.3 Å². The Morgan fingerprint density at radius 2 is 2.28 bits per heavy atom. The number of ether oxygens (including phenoxy) is 1. The number of carbonyl (C=O) groups is 1. The van der Waals surface area contributed by atoms with E-state index in [9.17, 15) is 4.79 Å². The number of halogens is 1. The molecule has 2 aromatic heterocycles. The summed E-state index contributed by atoms with van der Waals surface area (Å²) in [6.07, 6.45) is 1.54. The first-order valence-electron chi connectivity index (χ1n) is 7.17. The molecule has 0 spiro atoms.